The Morgan fingerprint density at radius 1 is 1.00 bits per heavy atom. The molecule has 4 N–H and O–H groups in total. The van der Waals surface area contributed by atoms with E-state index in [9.17, 15) is 19.2 Å². The first kappa shape index (κ1) is 13.9. The molecule has 0 heterocycles. The third-order valence-electron chi connectivity index (χ3n) is 1.40. The molecule has 0 rings (SSSR count). The highest BCUT2D eigenvalue weighted by molar-refractivity contribution is 5.91. The van der Waals surface area contributed by atoms with E-state index in [1.807, 2.05) is 0 Å². The van der Waals surface area contributed by atoms with Crippen molar-refractivity contribution in [2.45, 2.75) is 26.1 Å². The molecule has 0 unspecified atom stereocenters. The van der Waals surface area contributed by atoms with E-state index in [0.717, 1.165) is 13.8 Å². The number of rotatable bonds is 5. The number of amides is 2. The topological polar surface area (TPSA) is 139 Å². The first-order chi connectivity index (χ1) is 7.19. The maximum absolute atomic E-state index is 11.1. The average molecular weight is 232 g/mol. The average Bonchev–Trinajstić information content (AvgIpc) is 1.98. The molecule has 0 spiro atoms. The molecule has 0 aliphatic rings. The summed E-state index contributed by atoms with van der Waals surface area (Å²) in [4.78, 5) is 43.3. The van der Waals surface area contributed by atoms with Gasteiger partial charge in [0, 0.05) is 13.8 Å². The fraction of sp³-hybridized carbons (Fsp3) is 0.500. The van der Waals surface area contributed by atoms with Gasteiger partial charge in [-0.05, 0) is 0 Å². The molecule has 0 bridgehead atoms. The van der Waals surface area contributed by atoms with Crippen LogP contribution in [0.1, 0.15) is 20.3 Å². The van der Waals surface area contributed by atoms with Crippen molar-refractivity contribution >= 4 is 23.8 Å². The van der Waals surface area contributed by atoms with Crippen LogP contribution in [0.5, 0.6) is 0 Å². The fourth-order valence-electron chi connectivity index (χ4n) is 0.974. The molecule has 8 heteroatoms. The Kier molecular flexibility index (Phi) is 4.42. The highest BCUT2D eigenvalue weighted by Gasteiger charge is 2.45. The van der Waals surface area contributed by atoms with Crippen molar-refractivity contribution in [3.8, 4) is 0 Å². The number of esters is 2. The number of hydrogen-bond donors (Lipinski definition) is 2. The highest BCUT2D eigenvalue weighted by atomic mass is 16.7. The number of hydrogen-bond acceptors (Lipinski definition) is 6. The van der Waals surface area contributed by atoms with Crippen molar-refractivity contribution < 1.29 is 28.7 Å². The van der Waals surface area contributed by atoms with E-state index in [1.54, 1.807) is 0 Å². The van der Waals surface area contributed by atoms with Gasteiger partial charge >= 0.3 is 23.6 Å². The Morgan fingerprint density at radius 3 is 1.56 bits per heavy atom. The molecule has 0 aromatic heterocycles. The molecule has 0 aliphatic heterocycles. The largest absolute Gasteiger partial charge is 0.413 e. The predicted octanol–water partition coefficient (Wildman–Crippen LogP) is -1.83. The van der Waals surface area contributed by atoms with Gasteiger partial charge in [-0.1, -0.05) is 0 Å². The first-order valence-corrected chi connectivity index (χ1v) is 4.17. The summed E-state index contributed by atoms with van der Waals surface area (Å²) in [5.41, 5.74) is 9.75. The number of carbonyl (C=O) groups excluding carboxylic acids is 4. The van der Waals surface area contributed by atoms with Crippen molar-refractivity contribution in [2.75, 3.05) is 0 Å². The predicted molar refractivity (Wildman–Crippen MR) is 49.3 cm³/mol. The normalized spacial score (nSPS) is 10.4. The third kappa shape index (κ3) is 3.95. The number of ether oxygens (including phenoxy) is 2. The Hall–Kier alpha value is -2.12. The van der Waals surface area contributed by atoms with E-state index < -0.39 is 36.0 Å². The molecule has 16 heavy (non-hydrogen) atoms. The maximum atomic E-state index is 11.1. The molecule has 0 aromatic carbocycles. The molecule has 0 atom stereocenters. The van der Waals surface area contributed by atoms with Gasteiger partial charge in [-0.25, -0.2) is 0 Å². The van der Waals surface area contributed by atoms with Crippen LogP contribution in [-0.2, 0) is 28.7 Å². The van der Waals surface area contributed by atoms with Crippen LogP contribution in [0, 0.1) is 0 Å². The molecule has 0 fully saturated rings. The minimum Gasteiger partial charge on any atom is -0.413 e. The van der Waals surface area contributed by atoms with Crippen LogP contribution in [0.3, 0.4) is 0 Å². The van der Waals surface area contributed by atoms with E-state index in [2.05, 4.69) is 9.47 Å². The lowest BCUT2D eigenvalue weighted by Crippen LogP contribution is -2.52. The molecule has 0 saturated heterocycles. The van der Waals surface area contributed by atoms with E-state index in [-0.39, 0.29) is 0 Å². The maximum Gasteiger partial charge on any atom is 0.344 e. The molecule has 0 aromatic rings. The zero-order valence-electron chi connectivity index (χ0n) is 8.81. The van der Waals surface area contributed by atoms with Crippen molar-refractivity contribution in [1.82, 2.24) is 0 Å². The Bertz CT molecular complexity index is 297. The zero-order chi connectivity index (χ0) is 12.9. The first-order valence-electron chi connectivity index (χ1n) is 4.17. The summed E-state index contributed by atoms with van der Waals surface area (Å²) < 4.78 is 8.93. The second-order valence-electron chi connectivity index (χ2n) is 2.95. The van der Waals surface area contributed by atoms with E-state index >= 15 is 0 Å². The van der Waals surface area contributed by atoms with Gasteiger partial charge in [0.2, 0.25) is 5.91 Å². The van der Waals surface area contributed by atoms with Gasteiger partial charge in [0.15, 0.2) is 0 Å². The Morgan fingerprint density at radius 2 is 1.38 bits per heavy atom. The summed E-state index contributed by atoms with van der Waals surface area (Å²) in [7, 11) is 0. The molecule has 0 radical (unpaired) electrons. The summed E-state index contributed by atoms with van der Waals surface area (Å²) in [6, 6.07) is 0. The van der Waals surface area contributed by atoms with Crippen molar-refractivity contribution in [1.29, 1.82) is 0 Å². The van der Waals surface area contributed by atoms with Crippen LogP contribution < -0.4 is 11.5 Å². The van der Waals surface area contributed by atoms with Crippen molar-refractivity contribution in [2.24, 2.45) is 11.5 Å². The monoisotopic (exact) mass is 232 g/mol. The minimum absolute atomic E-state index is 0.832. The van der Waals surface area contributed by atoms with Crippen LogP contribution in [0.25, 0.3) is 0 Å². The van der Waals surface area contributed by atoms with Gasteiger partial charge in [-0.3, -0.25) is 19.2 Å². The summed E-state index contributed by atoms with van der Waals surface area (Å²) in [6.07, 6.45) is -0.832. The van der Waals surface area contributed by atoms with Crippen LogP contribution in [-0.4, -0.2) is 29.5 Å². The molecule has 0 aliphatic carbocycles. The summed E-state index contributed by atoms with van der Waals surface area (Å²) in [5, 5.41) is 0. The van der Waals surface area contributed by atoms with Gasteiger partial charge in [0.05, 0.1) is 0 Å². The number of primary amides is 2. The van der Waals surface area contributed by atoms with Gasteiger partial charge < -0.3 is 20.9 Å². The SMILES string of the molecule is CC(=O)OC(CC(N)=O)(OC(C)=O)C(N)=O. The minimum atomic E-state index is -2.47. The Balaban J connectivity index is 5.19. The second kappa shape index (κ2) is 5.10. The lowest BCUT2D eigenvalue weighted by Gasteiger charge is -2.27. The molecule has 8 nitrogen and oxygen atoms in total. The van der Waals surface area contributed by atoms with Crippen LogP contribution in [0.15, 0.2) is 0 Å². The van der Waals surface area contributed by atoms with E-state index in [0.29, 0.717) is 0 Å². The summed E-state index contributed by atoms with van der Waals surface area (Å²) >= 11 is 0. The molecule has 90 valence electrons. The summed E-state index contributed by atoms with van der Waals surface area (Å²) in [5.74, 6) is -6.66. The second-order valence-corrected chi connectivity index (χ2v) is 2.95. The molecule has 0 saturated carbocycles. The highest BCUT2D eigenvalue weighted by Crippen LogP contribution is 2.18. The summed E-state index contributed by atoms with van der Waals surface area (Å²) in [6.45, 7) is 1.92. The Labute approximate surface area is 90.8 Å². The standard InChI is InChI=1S/C8H12N2O6/c1-4(11)15-8(7(10)14,3-6(9)13)16-5(2)12/h3H2,1-2H3,(H2,9,13)(H2,10,14). The molecular formula is C8H12N2O6. The lowest BCUT2D eigenvalue weighted by molar-refractivity contribution is -0.224. The molecular weight excluding hydrogens is 220 g/mol. The van der Waals surface area contributed by atoms with Gasteiger partial charge in [0.25, 0.3) is 0 Å². The van der Waals surface area contributed by atoms with E-state index in [4.69, 9.17) is 11.5 Å². The zero-order valence-corrected chi connectivity index (χ0v) is 8.81. The quantitative estimate of drug-likeness (QED) is 0.422. The van der Waals surface area contributed by atoms with Gasteiger partial charge in [-0.2, -0.15) is 0 Å². The molecule has 2 amide bonds. The lowest BCUT2D eigenvalue weighted by atomic mass is 10.1. The van der Waals surface area contributed by atoms with Gasteiger partial charge in [0.1, 0.15) is 6.42 Å². The van der Waals surface area contributed by atoms with Crippen molar-refractivity contribution in [3.05, 3.63) is 0 Å². The number of carbonyl (C=O) groups is 4. The smallest absolute Gasteiger partial charge is 0.344 e. The number of nitrogens with two attached hydrogens (primary N) is 2. The van der Waals surface area contributed by atoms with Crippen LogP contribution in [0.4, 0.5) is 0 Å². The van der Waals surface area contributed by atoms with Gasteiger partial charge in [-0.15, -0.1) is 0 Å². The van der Waals surface area contributed by atoms with Crippen molar-refractivity contribution in [3.63, 3.8) is 0 Å². The van der Waals surface area contributed by atoms with Crippen LogP contribution in [0.2, 0.25) is 0 Å². The van der Waals surface area contributed by atoms with Crippen LogP contribution >= 0.6 is 0 Å². The third-order valence-corrected chi connectivity index (χ3v) is 1.40. The van der Waals surface area contributed by atoms with E-state index in [1.165, 1.54) is 0 Å². The fourth-order valence-corrected chi connectivity index (χ4v) is 0.974.